The Hall–Kier alpha value is -3.79. The van der Waals surface area contributed by atoms with Crippen LogP contribution in [-0.2, 0) is 0 Å². The number of H-pyrrole nitrogens is 1. The zero-order chi connectivity index (χ0) is 28.7. The zero-order valence-corrected chi connectivity index (χ0v) is 24.9. The van der Waals surface area contributed by atoms with Gasteiger partial charge in [0.1, 0.15) is 29.6 Å². The van der Waals surface area contributed by atoms with Crippen LogP contribution in [-0.4, -0.2) is 83.8 Å². The number of aromatic amines is 1. The summed E-state index contributed by atoms with van der Waals surface area (Å²) in [7, 11) is 0.919. The summed E-state index contributed by atoms with van der Waals surface area (Å²) >= 11 is 0. The number of aromatic nitrogens is 3. The van der Waals surface area contributed by atoms with Crippen LogP contribution in [0.5, 0.6) is 11.5 Å². The molecule has 0 radical (unpaired) electrons. The van der Waals surface area contributed by atoms with Gasteiger partial charge in [-0.25, -0.2) is 4.83 Å². The first kappa shape index (κ1) is 27.4. The largest absolute Gasteiger partial charge is 0.494 e. The molecule has 4 N–H and O–H groups in total. The lowest BCUT2D eigenvalue weighted by Crippen LogP contribution is -2.58. The van der Waals surface area contributed by atoms with E-state index in [9.17, 15) is 5.21 Å². The van der Waals surface area contributed by atoms with Gasteiger partial charge in [0, 0.05) is 52.1 Å². The molecule has 41 heavy (non-hydrogen) atoms. The molecule has 0 amide bonds. The highest BCUT2D eigenvalue weighted by Gasteiger charge is 2.34. The van der Waals surface area contributed by atoms with Crippen LogP contribution in [0.3, 0.4) is 0 Å². The minimum Gasteiger partial charge on any atom is -0.494 e. The van der Waals surface area contributed by atoms with Gasteiger partial charge in [-0.1, -0.05) is 12.1 Å². The maximum absolute atomic E-state index is 10.7. The maximum atomic E-state index is 10.7. The Balaban J connectivity index is 1.31. The molecule has 4 heterocycles. The fourth-order valence-electron chi connectivity index (χ4n) is 5.46. The minimum atomic E-state index is -0.748. The fraction of sp³-hybridized carbons (Fsp3) is 0.379. The van der Waals surface area contributed by atoms with Crippen molar-refractivity contribution in [1.82, 2.24) is 19.9 Å². The average Bonchev–Trinajstić information content (AvgIpc) is 3.45. The van der Waals surface area contributed by atoms with E-state index in [2.05, 4.69) is 39.3 Å². The standard InChI is InChI=1S/C29H37N8O3P/c1-18(2)35-12-13-36-19(16-35)17-40-26-14-22(25(39-3)15-24(26)36)32-29-33-27-20(10-11-30-27)28(34-29)31-21-8-6-7-9-23(21)37(38)41(4)5/h6-11,14-15,18-19,38H,12-13,16-17H2,1-5H3,(H3,30,31,32,33,34). The van der Waals surface area contributed by atoms with Crippen molar-refractivity contribution in [3.63, 3.8) is 0 Å². The van der Waals surface area contributed by atoms with E-state index >= 15 is 0 Å². The van der Waals surface area contributed by atoms with E-state index < -0.39 is 8.07 Å². The summed E-state index contributed by atoms with van der Waals surface area (Å²) in [5, 5.41) is 18.3. The Morgan fingerprint density at radius 3 is 2.73 bits per heavy atom. The Kier molecular flexibility index (Phi) is 7.50. The number of fused-ring (bicyclic) bond motifs is 4. The first-order valence-electron chi connectivity index (χ1n) is 13.8. The van der Waals surface area contributed by atoms with Crippen molar-refractivity contribution in [2.24, 2.45) is 0 Å². The van der Waals surface area contributed by atoms with Crippen molar-refractivity contribution in [3.8, 4) is 11.5 Å². The van der Waals surface area contributed by atoms with Crippen molar-refractivity contribution >= 4 is 53.6 Å². The number of anilines is 6. The Morgan fingerprint density at radius 2 is 1.95 bits per heavy atom. The van der Waals surface area contributed by atoms with Gasteiger partial charge in [0.25, 0.3) is 0 Å². The number of benzene rings is 2. The number of ether oxygens (including phenoxy) is 2. The molecule has 4 aromatic rings. The molecular weight excluding hydrogens is 539 g/mol. The van der Waals surface area contributed by atoms with Crippen LogP contribution in [0.4, 0.5) is 34.5 Å². The number of methoxy groups -OCH3 is 1. The summed E-state index contributed by atoms with van der Waals surface area (Å²) in [5.74, 6) is 2.50. The number of nitrogens with zero attached hydrogens (tertiary/aromatic N) is 5. The van der Waals surface area contributed by atoms with Gasteiger partial charge in [-0.05, 0) is 45.4 Å². The fourth-order valence-corrected chi connectivity index (χ4v) is 6.06. The van der Waals surface area contributed by atoms with E-state index in [1.807, 2.05) is 62.0 Å². The van der Waals surface area contributed by atoms with Gasteiger partial charge in [-0.3, -0.25) is 10.1 Å². The van der Waals surface area contributed by atoms with Crippen LogP contribution in [0.25, 0.3) is 11.0 Å². The van der Waals surface area contributed by atoms with E-state index in [1.165, 1.54) is 4.83 Å². The molecule has 12 heteroatoms. The predicted octanol–water partition coefficient (Wildman–Crippen LogP) is 5.60. The lowest BCUT2D eigenvalue weighted by atomic mass is 10.1. The highest BCUT2D eigenvalue weighted by atomic mass is 31.1. The number of piperazine rings is 1. The number of hydrogen-bond acceptors (Lipinski definition) is 10. The van der Waals surface area contributed by atoms with E-state index in [-0.39, 0.29) is 0 Å². The van der Waals surface area contributed by atoms with Gasteiger partial charge in [-0.2, -0.15) is 9.97 Å². The topological polar surface area (TPSA) is 114 Å². The second-order valence-electron chi connectivity index (χ2n) is 10.8. The van der Waals surface area contributed by atoms with Crippen LogP contribution in [0.2, 0.25) is 0 Å². The lowest BCUT2D eigenvalue weighted by molar-refractivity contribution is 0.142. The molecule has 1 saturated heterocycles. The number of rotatable bonds is 8. The molecule has 216 valence electrons. The predicted molar refractivity (Wildman–Crippen MR) is 166 cm³/mol. The molecule has 1 unspecified atom stereocenters. The van der Waals surface area contributed by atoms with Crippen molar-refractivity contribution in [1.29, 1.82) is 0 Å². The van der Waals surface area contributed by atoms with Gasteiger partial charge in [0.15, 0.2) is 0 Å². The van der Waals surface area contributed by atoms with Crippen molar-refractivity contribution in [3.05, 3.63) is 48.7 Å². The summed E-state index contributed by atoms with van der Waals surface area (Å²) in [4.78, 5) is 19.0. The van der Waals surface area contributed by atoms with E-state index in [0.29, 0.717) is 53.2 Å². The maximum Gasteiger partial charge on any atom is 0.231 e. The summed E-state index contributed by atoms with van der Waals surface area (Å²) < 4.78 is 12.1. The zero-order valence-electron chi connectivity index (χ0n) is 24.0. The molecular formula is C29H37N8O3P. The van der Waals surface area contributed by atoms with E-state index in [0.717, 1.165) is 42.1 Å². The van der Waals surface area contributed by atoms with Crippen LogP contribution in [0, 0.1) is 0 Å². The van der Waals surface area contributed by atoms with Crippen LogP contribution in [0.15, 0.2) is 48.7 Å². The van der Waals surface area contributed by atoms with Gasteiger partial charge in [-0.15, -0.1) is 0 Å². The summed E-state index contributed by atoms with van der Waals surface area (Å²) in [6, 6.07) is 14.4. The quantitative estimate of drug-likeness (QED) is 0.156. The Labute approximate surface area is 241 Å². The van der Waals surface area contributed by atoms with E-state index in [4.69, 9.17) is 19.4 Å². The molecule has 0 bridgehead atoms. The number of nitrogens with one attached hydrogen (secondary N) is 3. The summed E-state index contributed by atoms with van der Waals surface area (Å²) in [6.07, 6.45) is 1.83. The SMILES string of the molecule is COc1cc2c(cc1Nc1nc(Nc3ccccc3N(O)P(C)C)c3cc[nH]c3n1)OCC1CN(C(C)C)CCN21. The first-order chi connectivity index (χ1) is 19.8. The lowest BCUT2D eigenvalue weighted by Gasteiger charge is -2.46. The molecule has 0 spiro atoms. The number of para-hydroxylation sites is 2. The van der Waals surface area contributed by atoms with Crippen molar-refractivity contribution in [2.45, 2.75) is 25.9 Å². The van der Waals surface area contributed by atoms with Crippen LogP contribution < -0.4 is 29.8 Å². The second-order valence-corrected chi connectivity index (χ2v) is 12.9. The monoisotopic (exact) mass is 576 g/mol. The first-order valence-corrected chi connectivity index (χ1v) is 16.0. The smallest absolute Gasteiger partial charge is 0.231 e. The third kappa shape index (κ3) is 5.32. The third-order valence-corrected chi connectivity index (χ3v) is 8.65. The van der Waals surface area contributed by atoms with Gasteiger partial charge in [0.05, 0.1) is 41.3 Å². The highest BCUT2D eigenvalue weighted by molar-refractivity contribution is 7.57. The van der Waals surface area contributed by atoms with Gasteiger partial charge >= 0.3 is 0 Å². The summed E-state index contributed by atoms with van der Waals surface area (Å²) in [6.45, 7) is 12.1. The van der Waals surface area contributed by atoms with Gasteiger partial charge in [0.2, 0.25) is 5.95 Å². The normalized spacial score (nSPS) is 16.9. The molecule has 2 aliphatic rings. The highest BCUT2D eigenvalue weighted by Crippen LogP contribution is 2.44. The molecule has 2 aromatic carbocycles. The molecule has 2 aliphatic heterocycles. The average molecular weight is 577 g/mol. The molecule has 0 saturated carbocycles. The van der Waals surface area contributed by atoms with Crippen molar-refractivity contribution in [2.75, 3.05) is 67.0 Å². The molecule has 11 nitrogen and oxygen atoms in total. The second kappa shape index (κ2) is 11.2. The Bertz CT molecular complexity index is 1540. The van der Waals surface area contributed by atoms with Crippen molar-refractivity contribution < 1.29 is 14.7 Å². The molecule has 6 rings (SSSR count). The van der Waals surface area contributed by atoms with Crippen LogP contribution >= 0.6 is 8.07 Å². The van der Waals surface area contributed by atoms with E-state index in [1.54, 1.807) is 7.11 Å². The Morgan fingerprint density at radius 1 is 1.12 bits per heavy atom. The third-order valence-electron chi connectivity index (χ3n) is 7.68. The molecule has 2 aromatic heterocycles. The van der Waals surface area contributed by atoms with Crippen LogP contribution in [0.1, 0.15) is 13.8 Å². The molecule has 1 atom stereocenters. The molecule has 0 aliphatic carbocycles. The van der Waals surface area contributed by atoms with Gasteiger partial charge < -0.3 is 30.0 Å². The summed E-state index contributed by atoms with van der Waals surface area (Å²) in [5.41, 5.74) is 3.86. The number of hydrogen-bond donors (Lipinski definition) is 4. The molecule has 1 fully saturated rings. The minimum absolute atomic E-state index is 0.309.